The van der Waals surface area contributed by atoms with E-state index in [4.69, 9.17) is 23.2 Å². The molecule has 0 unspecified atom stereocenters. The molecule has 1 N–H and O–H groups in total. The van der Waals surface area contributed by atoms with Crippen LogP contribution in [0.1, 0.15) is 22.5 Å². The van der Waals surface area contributed by atoms with Gasteiger partial charge in [-0.2, -0.15) is 5.10 Å². The third-order valence-corrected chi connectivity index (χ3v) is 4.83. The minimum Gasteiger partial charge on any atom is -0.347 e. The molecule has 2 rings (SSSR count). The molecule has 8 heteroatoms. The number of nitrogens with one attached hydrogen (secondary N) is 1. The minimum atomic E-state index is -0.342. The zero-order chi connectivity index (χ0) is 20.1. The van der Waals surface area contributed by atoms with Crippen LogP contribution in [0.15, 0.2) is 24.3 Å². The molecule has 1 heterocycles. The molecule has 0 saturated heterocycles. The molecule has 0 aliphatic rings. The Kier molecular flexibility index (Phi) is 7.05. The normalized spacial score (nSPS) is 11.0. The molecule has 0 fully saturated rings. The van der Waals surface area contributed by atoms with E-state index in [1.165, 1.54) is 11.0 Å². The van der Waals surface area contributed by atoms with Crippen molar-refractivity contribution in [3.63, 3.8) is 0 Å². The van der Waals surface area contributed by atoms with Gasteiger partial charge >= 0.3 is 0 Å². The predicted octanol–water partition coefficient (Wildman–Crippen LogP) is 3.07. The summed E-state index contributed by atoms with van der Waals surface area (Å²) in [6, 6.07) is 5.37. The van der Waals surface area contributed by atoms with Gasteiger partial charge in [0.25, 0.3) is 0 Å². The molecule has 1 aromatic heterocycles. The zero-order valence-electron chi connectivity index (χ0n) is 15.7. The fourth-order valence-corrected chi connectivity index (χ4v) is 2.99. The molecule has 1 aromatic carbocycles. The van der Waals surface area contributed by atoms with E-state index >= 15 is 0 Å². The van der Waals surface area contributed by atoms with Crippen molar-refractivity contribution in [2.24, 2.45) is 0 Å². The lowest BCUT2D eigenvalue weighted by atomic mass is 10.1. The van der Waals surface area contributed by atoms with E-state index in [-0.39, 0.29) is 18.4 Å². The van der Waals surface area contributed by atoms with Crippen LogP contribution in [0.4, 0.5) is 0 Å². The van der Waals surface area contributed by atoms with Crippen LogP contribution < -0.4 is 5.32 Å². The average Bonchev–Trinajstić information content (AvgIpc) is 2.87. The van der Waals surface area contributed by atoms with E-state index in [9.17, 15) is 9.59 Å². The number of nitrogens with zero attached hydrogens (tertiary/aromatic N) is 3. The van der Waals surface area contributed by atoms with Crippen LogP contribution in [0.2, 0.25) is 10.0 Å². The van der Waals surface area contributed by atoms with E-state index in [1.807, 2.05) is 13.8 Å². The quantitative estimate of drug-likeness (QED) is 0.746. The van der Waals surface area contributed by atoms with Gasteiger partial charge in [0.1, 0.15) is 0 Å². The maximum absolute atomic E-state index is 11.9. The van der Waals surface area contributed by atoms with Crippen molar-refractivity contribution in [1.29, 1.82) is 0 Å². The number of carbonyl (C=O) groups is 2. The first-order chi connectivity index (χ1) is 12.7. The second kappa shape index (κ2) is 9.06. The number of carbonyl (C=O) groups excluding carboxylic acids is 2. The molecule has 6 nitrogen and oxygen atoms in total. The molecule has 2 aromatic rings. The molecule has 2 amide bonds. The number of hydrogen-bond donors (Lipinski definition) is 1. The van der Waals surface area contributed by atoms with Gasteiger partial charge in [0.15, 0.2) is 0 Å². The Morgan fingerprint density at radius 1 is 1.22 bits per heavy atom. The second-order valence-corrected chi connectivity index (χ2v) is 7.10. The van der Waals surface area contributed by atoms with Gasteiger partial charge in [0.05, 0.1) is 18.8 Å². The maximum Gasteiger partial charge on any atom is 0.244 e. The largest absolute Gasteiger partial charge is 0.347 e. The second-order valence-electron chi connectivity index (χ2n) is 6.28. The summed E-state index contributed by atoms with van der Waals surface area (Å²) >= 11 is 12.5. The van der Waals surface area contributed by atoms with Gasteiger partial charge in [-0.1, -0.05) is 29.3 Å². The van der Waals surface area contributed by atoms with Gasteiger partial charge in [0.2, 0.25) is 11.8 Å². The van der Waals surface area contributed by atoms with Crippen molar-refractivity contribution in [3.8, 4) is 0 Å². The molecule has 144 valence electrons. The zero-order valence-corrected chi connectivity index (χ0v) is 17.2. The Hall–Kier alpha value is -2.31. The number of likely N-dealkylation sites (N-methyl/N-ethyl adjacent to an activating group) is 1. The molecule has 0 aliphatic heterocycles. The summed E-state index contributed by atoms with van der Waals surface area (Å²) in [7, 11) is 3.27. The first-order valence-corrected chi connectivity index (χ1v) is 9.09. The first kappa shape index (κ1) is 21.0. The Morgan fingerprint density at radius 2 is 1.85 bits per heavy atom. The number of aromatic nitrogens is 2. The Balaban J connectivity index is 2.13. The number of benzene rings is 1. The van der Waals surface area contributed by atoms with Crippen LogP contribution in [-0.2, 0) is 16.1 Å². The predicted molar refractivity (Wildman–Crippen MR) is 108 cm³/mol. The van der Waals surface area contributed by atoms with E-state index in [0.717, 1.165) is 22.5 Å². The van der Waals surface area contributed by atoms with Crippen molar-refractivity contribution in [3.05, 3.63) is 56.8 Å². The summed E-state index contributed by atoms with van der Waals surface area (Å²) in [6.07, 6.45) is 3.09. The van der Waals surface area contributed by atoms with Crippen LogP contribution in [0.3, 0.4) is 0 Å². The summed E-state index contributed by atoms with van der Waals surface area (Å²) in [6.45, 7) is 4.17. The lowest BCUT2D eigenvalue weighted by Crippen LogP contribution is -2.35. The van der Waals surface area contributed by atoms with Crippen molar-refractivity contribution in [1.82, 2.24) is 20.0 Å². The lowest BCUT2D eigenvalue weighted by molar-refractivity contribution is -0.129. The third kappa shape index (κ3) is 5.34. The molecule has 0 atom stereocenters. The highest BCUT2D eigenvalue weighted by molar-refractivity contribution is 6.35. The van der Waals surface area contributed by atoms with Gasteiger partial charge < -0.3 is 10.2 Å². The lowest BCUT2D eigenvalue weighted by Gasteiger charge is -2.09. The number of amides is 2. The molecule has 0 aliphatic carbocycles. The fraction of sp³-hybridized carbons (Fsp3) is 0.316. The van der Waals surface area contributed by atoms with Gasteiger partial charge in [-0.05, 0) is 32.1 Å². The Bertz CT molecular complexity index is 868. The fourth-order valence-electron chi connectivity index (χ4n) is 2.48. The molecule has 0 spiro atoms. The molecule has 0 saturated carbocycles. The average molecular weight is 409 g/mol. The van der Waals surface area contributed by atoms with Crippen LogP contribution in [0, 0.1) is 13.8 Å². The molecule has 27 heavy (non-hydrogen) atoms. The van der Waals surface area contributed by atoms with Crippen LogP contribution in [0.5, 0.6) is 0 Å². The molecule has 0 bridgehead atoms. The molecular weight excluding hydrogens is 387 g/mol. The number of halogens is 2. The Labute approximate surface area is 168 Å². The SMILES string of the molecule is Cc1nn(Cc2c(Cl)cccc2Cl)c(C)c1/C=C/C(=O)NCC(=O)N(C)C. The highest BCUT2D eigenvalue weighted by Crippen LogP contribution is 2.26. The van der Waals surface area contributed by atoms with Crippen LogP contribution >= 0.6 is 23.2 Å². The van der Waals surface area contributed by atoms with Gasteiger partial charge in [0, 0.05) is 47.0 Å². The van der Waals surface area contributed by atoms with Crippen molar-refractivity contribution < 1.29 is 9.59 Å². The monoisotopic (exact) mass is 408 g/mol. The first-order valence-electron chi connectivity index (χ1n) is 8.33. The smallest absolute Gasteiger partial charge is 0.244 e. The van der Waals surface area contributed by atoms with E-state index in [2.05, 4.69) is 10.4 Å². The van der Waals surface area contributed by atoms with Crippen LogP contribution in [-0.4, -0.2) is 47.1 Å². The molecule has 0 radical (unpaired) electrons. The van der Waals surface area contributed by atoms with Crippen LogP contribution in [0.25, 0.3) is 6.08 Å². The highest BCUT2D eigenvalue weighted by Gasteiger charge is 2.13. The maximum atomic E-state index is 11.9. The van der Waals surface area contributed by atoms with Crippen molar-refractivity contribution in [2.75, 3.05) is 20.6 Å². The molecular formula is C19H22Cl2N4O2. The van der Waals surface area contributed by atoms with E-state index in [0.29, 0.717) is 16.6 Å². The van der Waals surface area contributed by atoms with Gasteiger partial charge in [-0.25, -0.2) is 0 Å². The summed E-state index contributed by atoms with van der Waals surface area (Å²) in [5.74, 6) is -0.514. The third-order valence-electron chi connectivity index (χ3n) is 4.12. The summed E-state index contributed by atoms with van der Waals surface area (Å²) in [4.78, 5) is 24.9. The summed E-state index contributed by atoms with van der Waals surface area (Å²) in [5.41, 5.74) is 3.30. The van der Waals surface area contributed by atoms with Gasteiger partial charge in [-0.3, -0.25) is 14.3 Å². The van der Waals surface area contributed by atoms with Crippen molar-refractivity contribution >= 4 is 41.1 Å². The standard InChI is InChI=1S/C19H22Cl2N4O2/c1-12-14(8-9-18(26)22-10-19(27)24(3)4)13(2)25(23-12)11-15-16(20)6-5-7-17(15)21/h5-9H,10-11H2,1-4H3,(H,22,26)/b9-8+. The summed E-state index contributed by atoms with van der Waals surface area (Å²) < 4.78 is 1.80. The number of aryl methyl sites for hydroxylation is 1. The summed E-state index contributed by atoms with van der Waals surface area (Å²) in [5, 5.41) is 8.24. The van der Waals surface area contributed by atoms with E-state index < -0.39 is 0 Å². The number of rotatable bonds is 6. The minimum absolute atomic E-state index is 0.0432. The van der Waals surface area contributed by atoms with Gasteiger partial charge in [-0.15, -0.1) is 0 Å². The van der Waals surface area contributed by atoms with E-state index in [1.54, 1.807) is 43.1 Å². The van der Waals surface area contributed by atoms with Crippen molar-refractivity contribution in [2.45, 2.75) is 20.4 Å². The highest BCUT2D eigenvalue weighted by atomic mass is 35.5. The number of hydrogen-bond acceptors (Lipinski definition) is 3. The topological polar surface area (TPSA) is 67.2 Å². The Morgan fingerprint density at radius 3 is 2.44 bits per heavy atom.